The van der Waals surface area contributed by atoms with Gasteiger partial charge in [0.2, 0.25) is 0 Å². The molecule has 0 radical (unpaired) electrons. The molecule has 0 spiro atoms. The van der Waals surface area contributed by atoms with E-state index in [4.69, 9.17) is 9.78 Å². The second-order valence-corrected chi connectivity index (χ2v) is 5.31. The fourth-order valence-corrected chi connectivity index (χ4v) is 1.25. The lowest BCUT2D eigenvalue weighted by atomic mass is 10.0. The zero-order valence-corrected chi connectivity index (χ0v) is 12.2. The summed E-state index contributed by atoms with van der Waals surface area (Å²) in [6.45, 7) is 9.91. The van der Waals surface area contributed by atoms with Gasteiger partial charge in [0.1, 0.15) is 5.60 Å². The van der Waals surface area contributed by atoms with Crippen LogP contribution in [0.15, 0.2) is 0 Å². The van der Waals surface area contributed by atoms with Crippen molar-refractivity contribution in [1.29, 1.82) is 0 Å². The van der Waals surface area contributed by atoms with Crippen LogP contribution in [0.4, 0.5) is 4.79 Å². The summed E-state index contributed by atoms with van der Waals surface area (Å²) >= 11 is 0. The molecule has 0 rings (SSSR count). The summed E-state index contributed by atoms with van der Waals surface area (Å²) in [5, 5.41) is 0. The van der Waals surface area contributed by atoms with Crippen molar-refractivity contribution in [1.82, 2.24) is 0 Å². The maximum Gasteiger partial charge on any atom is 0.573 e. The predicted octanol–water partition coefficient (Wildman–Crippen LogP) is 4.02. The molecular weight excluding hydrogens is 236 g/mol. The number of carbonyl (C=O) groups excluding carboxylic acids is 1. The van der Waals surface area contributed by atoms with Crippen molar-refractivity contribution in [2.45, 2.75) is 65.9 Å². The SMILES string of the molecule is CCCCC(CC)COOC(=O)OOC(C)(C)C. The Balaban J connectivity index is 3.65. The molecule has 0 bridgehead atoms. The second kappa shape index (κ2) is 9.16. The Kier molecular flexibility index (Phi) is 8.75. The summed E-state index contributed by atoms with van der Waals surface area (Å²) in [5.41, 5.74) is -0.563. The molecule has 18 heavy (non-hydrogen) atoms. The first-order chi connectivity index (χ1) is 8.39. The highest BCUT2D eigenvalue weighted by atomic mass is 17.3. The van der Waals surface area contributed by atoms with Crippen LogP contribution in [0, 0.1) is 5.92 Å². The average Bonchev–Trinajstić information content (AvgIpc) is 2.30. The summed E-state index contributed by atoms with van der Waals surface area (Å²) in [4.78, 5) is 29.6. The Morgan fingerprint density at radius 3 is 2.33 bits per heavy atom. The topological polar surface area (TPSA) is 54.0 Å². The second-order valence-electron chi connectivity index (χ2n) is 5.31. The molecule has 0 aliphatic heterocycles. The van der Waals surface area contributed by atoms with Crippen LogP contribution in [0.2, 0.25) is 0 Å². The van der Waals surface area contributed by atoms with Crippen LogP contribution in [-0.2, 0) is 19.6 Å². The van der Waals surface area contributed by atoms with Gasteiger partial charge < -0.3 is 0 Å². The van der Waals surface area contributed by atoms with Gasteiger partial charge in [-0.3, -0.25) is 9.78 Å². The summed E-state index contributed by atoms with van der Waals surface area (Å²) in [6, 6.07) is 0. The van der Waals surface area contributed by atoms with Crippen LogP contribution < -0.4 is 0 Å². The van der Waals surface area contributed by atoms with Gasteiger partial charge in [0, 0.05) is 0 Å². The van der Waals surface area contributed by atoms with E-state index in [1.165, 1.54) is 0 Å². The highest BCUT2D eigenvalue weighted by Crippen LogP contribution is 2.13. The molecule has 5 heteroatoms. The molecule has 0 aromatic rings. The van der Waals surface area contributed by atoms with Gasteiger partial charge in [-0.25, -0.2) is 0 Å². The van der Waals surface area contributed by atoms with Crippen molar-refractivity contribution >= 4 is 6.16 Å². The fraction of sp³-hybridized carbons (Fsp3) is 0.923. The fourth-order valence-electron chi connectivity index (χ4n) is 1.25. The van der Waals surface area contributed by atoms with Gasteiger partial charge in [-0.1, -0.05) is 33.1 Å². The predicted molar refractivity (Wildman–Crippen MR) is 67.7 cm³/mol. The Morgan fingerprint density at radius 2 is 1.83 bits per heavy atom. The lowest BCUT2D eigenvalue weighted by Gasteiger charge is -2.16. The van der Waals surface area contributed by atoms with Gasteiger partial charge in [0.25, 0.3) is 0 Å². The molecule has 0 saturated carbocycles. The van der Waals surface area contributed by atoms with Gasteiger partial charge in [0.05, 0.1) is 6.61 Å². The van der Waals surface area contributed by atoms with Crippen LogP contribution in [0.25, 0.3) is 0 Å². The molecule has 0 amide bonds. The molecule has 0 aromatic heterocycles. The van der Waals surface area contributed by atoms with Crippen LogP contribution in [0.5, 0.6) is 0 Å². The van der Waals surface area contributed by atoms with Crippen molar-refractivity contribution in [3.63, 3.8) is 0 Å². The minimum Gasteiger partial charge on any atom is -0.257 e. The first-order valence-electron chi connectivity index (χ1n) is 6.58. The standard InChI is InChI=1S/C13H26O5/c1-6-8-9-11(7-2)10-15-16-12(14)17-18-13(3,4)5/h11H,6-10H2,1-5H3. The first kappa shape index (κ1) is 17.2. The highest BCUT2D eigenvalue weighted by Gasteiger charge is 2.17. The molecule has 0 aliphatic carbocycles. The number of hydrogen-bond acceptors (Lipinski definition) is 5. The van der Waals surface area contributed by atoms with E-state index in [9.17, 15) is 4.79 Å². The van der Waals surface area contributed by atoms with Gasteiger partial charge in [-0.2, -0.15) is 14.6 Å². The number of rotatable bonds is 8. The molecule has 0 heterocycles. The maximum absolute atomic E-state index is 11.1. The van der Waals surface area contributed by atoms with Crippen LogP contribution in [-0.4, -0.2) is 18.4 Å². The molecule has 5 nitrogen and oxygen atoms in total. The van der Waals surface area contributed by atoms with Gasteiger partial charge in [-0.05, 0) is 33.1 Å². The third-order valence-corrected chi connectivity index (χ3v) is 2.33. The molecule has 0 fully saturated rings. The van der Waals surface area contributed by atoms with Gasteiger partial charge in [-0.15, -0.1) is 0 Å². The van der Waals surface area contributed by atoms with E-state index >= 15 is 0 Å². The Hall–Kier alpha value is -0.810. The van der Waals surface area contributed by atoms with E-state index in [0.717, 1.165) is 25.7 Å². The molecule has 1 unspecified atom stereocenters. The van der Waals surface area contributed by atoms with E-state index in [0.29, 0.717) is 12.5 Å². The lowest BCUT2D eigenvalue weighted by Crippen LogP contribution is -2.22. The minimum absolute atomic E-state index is 0.390. The monoisotopic (exact) mass is 262 g/mol. The first-order valence-corrected chi connectivity index (χ1v) is 6.58. The number of carbonyl (C=O) groups is 1. The van der Waals surface area contributed by atoms with E-state index < -0.39 is 11.8 Å². The third kappa shape index (κ3) is 10.4. The third-order valence-electron chi connectivity index (χ3n) is 2.33. The average molecular weight is 262 g/mol. The zero-order chi connectivity index (χ0) is 14.0. The van der Waals surface area contributed by atoms with Crippen molar-refractivity contribution < 1.29 is 24.3 Å². The smallest absolute Gasteiger partial charge is 0.257 e. The van der Waals surface area contributed by atoms with Crippen molar-refractivity contribution in [2.24, 2.45) is 5.92 Å². The van der Waals surface area contributed by atoms with Crippen LogP contribution >= 0.6 is 0 Å². The highest BCUT2D eigenvalue weighted by molar-refractivity contribution is 5.58. The molecule has 1 atom stereocenters. The van der Waals surface area contributed by atoms with Crippen molar-refractivity contribution in [3.8, 4) is 0 Å². The summed E-state index contributed by atoms with van der Waals surface area (Å²) < 4.78 is 0. The van der Waals surface area contributed by atoms with Gasteiger partial charge >= 0.3 is 6.16 Å². The Labute approximate surface area is 110 Å². The minimum atomic E-state index is -0.977. The lowest BCUT2D eigenvalue weighted by molar-refractivity contribution is -0.352. The molecule has 0 N–H and O–H groups in total. The van der Waals surface area contributed by atoms with E-state index in [1.807, 2.05) is 0 Å². The maximum atomic E-state index is 11.1. The molecule has 0 aliphatic rings. The molecule has 0 aromatic carbocycles. The molecule has 0 saturated heterocycles. The van der Waals surface area contributed by atoms with Crippen molar-refractivity contribution in [3.05, 3.63) is 0 Å². The summed E-state index contributed by atoms with van der Waals surface area (Å²) in [5.74, 6) is 0.404. The molecular formula is C13H26O5. The normalized spacial score (nSPS) is 13.2. The number of hydrogen-bond donors (Lipinski definition) is 0. The number of unbranched alkanes of at least 4 members (excludes halogenated alkanes) is 1. The molecule has 108 valence electrons. The van der Waals surface area contributed by atoms with E-state index in [2.05, 4.69) is 23.6 Å². The van der Waals surface area contributed by atoms with E-state index in [1.54, 1.807) is 20.8 Å². The Morgan fingerprint density at radius 1 is 1.17 bits per heavy atom. The van der Waals surface area contributed by atoms with E-state index in [-0.39, 0.29) is 0 Å². The Bertz CT molecular complexity index is 222. The van der Waals surface area contributed by atoms with Gasteiger partial charge in [0.15, 0.2) is 0 Å². The zero-order valence-electron chi connectivity index (χ0n) is 12.2. The summed E-state index contributed by atoms with van der Waals surface area (Å²) in [6.07, 6.45) is 3.40. The van der Waals surface area contributed by atoms with Crippen LogP contribution in [0.1, 0.15) is 60.3 Å². The quantitative estimate of drug-likeness (QED) is 0.488. The summed E-state index contributed by atoms with van der Waals surface area (Å²) in [7, 11) is 0. The van der Waals surface area contributed by atoms with Crippen LogP contribution in [0.3, 0.4) is 0 Å². The largest absolute Gasteiger partial charge is 0.573 e. The van der Waals surface area contributed by atoms with Crippen molar-refractivity contribution in [2.75, 3.05) is 6.61 Å².